The monoisotopic (exact) mass is 249 g/mol. The highest BCUT2D eigenvalue weighted by Crippen LogP contribution is 2.29. The fourth-order valence-electron chi connectivity index (χ4n) is 2.55. The van der Waals surface area contributed by atoms with E-state index >= 15 is 0 Å². The molecule has 1 aliphatic heterocycles. The molecule has 0 saturated carbocycles. The number of Topliss-reactive ketones (excluding diaryl/α,β-unsaturated/α-hetero) is 1. The van der Waals surface area contributed by atoms with Crippen LogP contribution >= 0.6 is 0 Å². The van der Waals surface area contributed by atoms with Crippen molar-refractivity contribution < 1.29 is 9.18 Å². The SMILES string of the molecule is CC(=O)c1cc(F)ccc1N1CCC(C)C(C)C1. The van der Waals surface area contributed by atoms with E-state index in [2.05, 4.69) is 18.7 Å². The first-order chi connectivity index (χ1) is 8.49. The molecule has 1 heterocycles. The summed E-state index contributed by atoms with van der Waals surface area (Å²) < 4.78 is 13.2. The van der Waals surface area contributed by atoms with Crippen LogP contribution in [0, 0.1) is 17.7 Å². The van der Waals surface area contributed by atoms with Gasteiger partial charge in [-0.3, -0.25) is 4.79 Å². The van der Waals surface area contributed by atoms with Crippen molar-refractivity contribution in [2.24, 2.45) is 11.8 Å². The van der Waals surface area contributed by atoms with Gasteiger partial charge >= 0.3 is 0 Å². The number of hydrogen-bond donors (Lipinski definition) is 0. The minimum atomic E-state index is -0.345. The molecule has 1 aromatic rings. The number of anilines is 1. The molecule has 98 valence electrons. The van der Waals surface area contributed by atoms with E-state index in [1.165, 1.54) is 19.1 Å². The maximum atomic E-state index is 13.2. The third-order valence-corrected chi connectivity index (χ3v) is 4.01. The molecule has 0 aromatic heterocycles. The average Bonchev–Trinajstić information content (AvgIpc) is 2.32. The summed E-state index contributed by atoms with van der Waals surface area (Å²) in [5.74, 6) is 0.893. The zero-order valence-electron chi connectivity index (χ0n) is 11.2. The first kappa shape index (κ1) is 13.1. The van der Waals surface area contributed by atoms with Crippen LogP contribution in [0.25, 0.3) is 0 Å². The molecule has 1 aromatic carbocycles. The molecular weight excluding hydrogens is 229 g/mol. The van der Waals surface area contributed by atoms with Crippen molar-refractivity contribution in [2.45, 2.75) is 27.2 Å². The average molecular weight is 249 g/mol. The molecule has 0 aliphatic carbocycles. The normalized spacial score (nSPS) is 24.1. The lowest BCUT2D eigenvalue weighted by atomic mass is 9.88. The summed E-state index contributed by atoms with van der Waals surface area (Å²) in [5.41, 5.74) is 1.37. The Kier molecular flexibility index (Phi) is 3.69. The van der Waals surface area contributed by atoms with E-state index in [0.717, 1.165) is 25.2 Å². The molecule has 0 bridgehead atoms. The van der Waals surface area contributed by atoms with Crippen molar-refractivity contribution in [1.29, 1.82) is 0 Å². The lowest BCUT2D eigenvalue weighted by Crippen LogP contribution is -2.39. The van der Waals surface area contributed by atoms with Crippen LogP contribution in [-0.4, -0.2) is 18.9 Å². The third kappa shape index (κ3) is 2.55. The summed E-state index contributed by atoms with van der Waals surface area (Å²) in [7, 11) is 0. The lowest BCUT2D eigenvalue weighted by molar-refractivity contribution is 0.101. The van der Waals surface area contributed by atoms with Crippen LogP contribution in [-0.2, 0) is 0 Å². The Morgan fingerprint density at radius 3 is 2.67 bits per heavy atom. The standard InChI is InChI=1S/C15H20FNO/c1-10-6-7-17(9-11(10)2)15-5-4-13(16)8-14(15)12(3)18/h4-5,8,10-11H,6-7,9H2,1-3H3. The van der Waals surface area contributed by atoms with Gasteiger partial charge < -0.3 is 4.90 Å². The molecule has 0 radical (unpaired) electrons. The predicted molar refractivity (Wildman–Crippen MR) is 71.6 cm³/mol. The first-order valence-corrected chi connectivity index (χ1v) is 6.54. The summed E-state index contributed by atoms with van der Waals surface area (Å²) in [6.07, 6.45) is 1.12. The summed E-state index contributed by atoms with van der Waals surface area (Å²) >= 11 is 0. The van der Waals surface area contributed by atoms with Crippen LogP contribution in [0.5, 0.6) is 0 Å². The molecule has 0 N–H and O–H groups in total. The van der Waals surface area contributed by atoms with E-state index < -0.39 is 0 Å². The van der Waals surface area contributed by atoms with Gasteiger partial charge in [0.1, 0.15) is 5.82 Å². The van der Waals surface area contributed by atoms with Crippen molar-refractivity contribution in [1.82, 2.24) is 0 Å². The van der Waals surface area contributed by atoms with Crippen molar-refractivity contribution in [3.05, 3.63) is 29.6 Å². The molecular formula is C15H20FNO. The van der Waals surface area contributed by atoms with E-state index in [9.17, 15) is 9.18 Å². The van der Waals surface area contributed by atoms with Crippen LogP contribution in [0.3, 0.4) is 0 Å². The summed E-state index contributed by atoms with van der Waals surface area (Å²) in [6, 6.07) is 4.51. The van der Waals surface area contributed by atoms with Gasteiger partial charge in [-0.05, 0) is 43.4 Å². The highest BCUT2D eigenvalue weighted by molar-refractivity contribution is 5.99. The summed E-state index contributed by atoms with van der Waals surface area (Å²) in [4.78, 5) is 13.8. The Labute approximate surface area is 108 Å². The fourth-order valence-corrected chi connectivity index (χ4v) is 2.55. The number of hydrogen-bond acceptors (Lipinski definition) is 2. The molecule has 1 aliphatic rings. The fraction of sp³-hybridized carbons (Fsp3) is 0.533. The Morgan fingerprint density at radius 2 is 2.06 bits per heavy atom. The second kappa shape index (κ2) is 5.09. The van der Waals surface area contributed by atoms with Gasteiger partial charge in [-0.2, -0.15) is 0 Å². The Morgan fingerprint density at radius 1 is 1.33 bits per heavy atom. The number of carbonyl (C=O) groups is 1. The first-order valence-electron chi connectivity index (χ1n) is 6.54. The van der Waals surface area contributed by atoms with Crippen LogP contribution in [0.4, 0.5) is 10.1 Å². The molecule has 1 saturated heterocycles. The van der Waals surface area contributed by atoms with E-state index in [4.69, 9.17) is 0 Å². The van der Waals surface area contributed by atoms with Gasteiger partial charge in [0, 0.05) is 24.3 Å². The largest absolute Gasteiger partial charge is 0.371 e. The smallest absolute Gasteiger partial charge is 0.161 e. The maximum Gasteiger partial charge on any atom is 0.161 e. The number of nitrogens with zero attached hydrogens (tertiary/aromatic N) is 1. The molecule has 0 amide bonds. The van der Waals surface area contributed by atoms with Gasteiger partial charge in [0.25, 0.3) is 0 Å². The van der Waals surface area contributed by atoms with E-state index in [0.29, 0.717) is 17.4 Å². The van der Waals surface area contributed by atoms with Gasteiger partial charge in [0.15, 0.2) is 5.78 Å². The van der Waals surface area contributed by atoms with E-state index in [1.807, 2.05) is 0 Å². The molecule has 1 fully saturated rings. The second-order valence-corrected chi connectivity index (χ2v) is 5.41. The quantitative estimate of drug-likeness (QED) is 0.747. The summed E-state index contributed by atoms with van der Waals surface area (Å²) in [6.45, 7) is 7.87. The number of benzene rings is 1. The zero-order chi connectivity index (χ0) is 13.3. The minimum Gasteiger partial charge on any atom is -0.371 e. The molecule has 2 rings (SSSR count). The van der Waals surface area contributed by atoms with Gasteiger partial charge in [0.05, 0.1) is 0 Å². The topological polar surface area (TPSA) is 20.3 Å². The van der Waals surface area contributed by atoms with Crippen molar-refractivity contribution in [3.8, 4) is 0 Å². The van der Waals surface area contributed by atoms with E-state index in [-0.39, 0.29) is 11.6 Å². The number of piperidine rings is 1. The van der Waals surface area contributed by atoms with Crippen molar-refractivity contribution in [3.63, 3.8) is 0 Å². The number of ketones is 1. The Bertz CT molecular complexity index is 458. The highest BCUT2D eigenvalue weighted by atomic mass is 19.1. The number of rotatable bonds is 2. The number of halogens is 1. The van der Waals surface area contributed by atoms with Crippen LogP contribution < -0.4 is 4.90 Å². The Balaban J connectivity index is 2.30. The molecule has 3 heteroatoms. The maximum absolute atomic E-state index is 13.2. The van der Waals surface area contributed by atoms with Crippen LogP contribution in [0.2, 0.25) is 0 Å². The predicted octanol–water partition coefficient (Wildman–Crippen LogP) is 3.51. The van der Waals surface area contributed by atoms with Gasteiger partial charge in [0.2, 0.25) is 0 Å². The van der Waals surface area contributed by atoms with Crippen molar-refractivity contribution >= 4 is 11.5 Å². The molecule has 2 unspecified atom stereocenters. The van der Waals surface area contributed by atoms with Crippen LogP contribution in [0.1, 0.15) is 37.6 Å². The minimum absolute atomic E-state index is 0.0734. The second-order valence-electron chi connectivity index (χ2n) is 5.41. The molecule has 2 nitrogen and oxygen atoms in total. The van der Waals surface area contributed by atoms with E-state index in [1.54, 1.807) is 6.07 Å². The lowest BCUT2D eigenvalue weighted by Gasteiger charge is -2.37. The van der Waals surface area contributed by atoms with Gasteiger partial charge in [-0.1, -0.05) is 13.8 Å². The molecule has 18 heavy (non-hydrogen) atoms. The third-order valence-electron chi connectivity index (χ3n) is 4.01. The summed E-state index contributed by atoms with van der Waals surface area (Å²) in [5, 5.41) is 0. The van der Waals surface area contributed by atoms with Crippen molar-refractivity contribution in [2.75, 3.05) is 18.0 Å². The van der Waals surface area contributed by atoms with Gasteiger partial charge in [-0.25, -0.2) is 4.39 Å². The molecule has 2 atom stereocenters. The Hall–Kier alpha value is -1.38. The molecule has 0 spiro atoms. The van der Waals surface area contributed by atoms with Gasteiger partial charge in [-0.15, -0.1) is 0 Å². The number of carbonyl (C=O) groups excluding carboxylic acids is 1. The zero-order valence-corrected chi connectivity index (χ0v) is 11.2. The highest BCUT2D eigenvalue weighted by Gasteiger charge is 2.25. The van der Waals surface area contributed by atoms with Crippen LogP contribution in [0.15, 0.2) is 18.2 Å².